The molecule has 19 heavy (non-hydrogen) atoms. The van der Waals surface area contributed by atoms with Gasteiger partial charge >= 0.3 is 0 Å². The van der Waals surface area contributed by atoms with Gasteiger partial charge in [0.25, 0.3) is 0 Å². The van der Waals surface area contributed by atoms with Crippen LogP contribution in [0.5, 0.6) is 0 Å². The van der Waals surface area contributed by atoms with Crippen LogP contribution in [0.2, 0.25) is 0 Å². The fraction of sp³-hybridized carbons (Fsp3) is 0.562. The summed E-state index contributed by atoms with van der Waals surface area (Å²) in [6.07, 6.45) is 3.18. The Kier molecular flexibility index (Phi) is 5.32. The number of carbonyl (C=O) groups excluding carboxylic acids is 1. The number of benzene rings is 1. The predicted octanol–water partition coefficient (Wildman–Crippen LogP) is 3.88. The van der Waals surface area contributed by atoms with Gasteiger partial charge in [-0.2, -0.15) is 11.8 Å². The van der Waals surface area contributed by atoms with E-state index in [-0.39, 0.29) is 5.91 Å². The van der Waals surface area contributed by atoms with Crippen molar-refractivity contribution < 1.29 is 4.79 Å². The molecule has 0 aliphatic carbocycles. The van der Waals surface area contributed by atoms with Crippen LogP contribution in [-0.2, 0) is 4.79 Å². The Labute approximate surface area is 120 Å². The molecule has 1 aliphatic heterocycles. The van der Waals surface area contributed by atoms with Crippen LogP contribution >= 0.6 is 11.8 Å². The van der Waals surface area contributed by atoms with Gasteiger partial charge in [-0.1, -0.05) is 12.1 Å². The molecule has 1 amide bonds. The van der Waals surface area contributed by atoms with Crippen LogP contribution in [0.4, 0.5) is 5.69 Å². The van der Waals surface area contributed by atoms with Crippen molar-refractivity contribution in [2.75, 3.05) is 23.0 Å². The third kappa shape index (κ3) is 4.00. The largest absolute Gasteiger partial charge is 0.313 e. The minimum absolute atomic E-state index is 0.278. The number of thioether (sulfide) groups is 1. The molecule has 0 saturated carbocycles. The maximum absolute atomic E-state index is 12.5. The Balaban J connectivity index is 2.02. The van der Waals surface area contributed by atoms with Gasteiger partial charge in [0.2, 0.25) is 5.91 Å². The molecule has 1 fully saturated rings. The van der Waals surface area contributed by atoms with Crippen LogP contribution in [0.15, 0.2) is 24.3 Å². The van der Waals surface area contributed by atoms with Crippen LogP contribution < -0.4 is 4.90 Å². The first-order valence-corrected chi connectivity index (χ1v) is 8.31. The number of hydrogen-bond acceptors (Lipinski definition) is 2. The lowest BCUT2D eigenvalue weighted by Gasteiger charge is -2.26. The first-order valence-electron chi connectivity index (χ1n) is 7.15. The number of aryl methyl sites for hydroxylation is 1. The van der Waals surface area contributed by atoms with Crippen LogP contribution in [-0.4, -0.2) is 24.0 Å². The number of carbonyl (C=O) groups is 1. The first kappa shape index (κ1) is 14.4. The molecule has 1 aliphatic rings. The van der Waals surface area contributed by atoms with Gasteiger partial charge in [0.1, 0.15) is 0 Å². The van der Waals surface area contributed by atoms with Crippen molar-refractivity contribution in [3.63, 3.8) is 0 Å². The van der Waals surface area contributed by atoms with Gasteiger partial charge in [-0.3, -0.25) is 4.79 Å². The molecule has 0 spiro atoms. The molecule has 0 radical (unpaired) electrons. The van der Waals surface area contributed by atoms with Crippen molar-refractivity contribution in [2.45, 2.75) is 33.1 Å². The topological polar surface area (TPSA) is 20.3 Å². The molecule has 104 valence electrons. The third-order valence-electron chi connectivity index (χ3n) is 3.65. The first-order chi connectivity index (χ1) is 9.20. The zero-order chi connectivity index (χ0) is 13.7. The van der Waals surface area contributed by atoms with Gasteiger partial charge in [0.15, 0.2) is 0 Å². The second kappa shape index (κ2) is 6.99. The van der Waals surface area contributed by atoms with Crippen LogP contribution in [0.3, 0.4) is 0 Å². The van der Waals surface area contributed by atoms with E-state index in [0.717, 1.165) is 18.0 Å². The molecule has 1 unspecified atom stereocenters. The van der Waals surface area contributed by atoms with Crippen molar-refractivity contribution in [1.82, 2.24) is 0 Å². The summed E-state index contributed by atoms with van der Waals surface area (Å²) in [5.41, 5.74) is 2.24. The highest BCUT2D eigenvalue weighted by atomic mass is 32.2. The van der Waals surface area contributed by atoms with Gasteiger partial charge in [-0.05, 0) is 61.8 Å². The van der Waals surface area contributed by atoms with Gasteiger partial charge in [-0.15, -0.1) is 0 Å². The molecule has 0 N–H and O–H groups in total. The molecule has 2 nitrogen and oxygen atoms in total. The Morgan fingerprint density at radius 3 is 2.95 bits per heavy atom. The van der Waals surface area contributed by atoms with Crippen molar-refractivity contribution in [1.29, 1.82) is 0 Å². The molecular weight excluding hydrogens is 254 g/mol. The van der Waals surface area contributed by atoms with Crippen LogP contribution in [0.1, 0.15) is 31.7 Å². The summed E-state index contributed by atoms with van der Waals surface area (Å²) in [5, 5.41) is 0. The SMILES string of the molecule is CCN(C(=O)CC1CCCSC1)c1cccc(C)c1. The average molecular weight is 277 g/mol. The van der Waals surface area contributed by atoms with E-state index >= 15 is 0 Å². The molecule has 3 heteroatoms. The van der Waals surface area contributed by atoms with E-state index in [1.165, 1.54) is 24.2 Å². The Morgan fingerprint density at radius 2 is 2.32 bits per heavy atom. The highest BCUT2D eigenvalue weighted by Crippen LogP contribution is 2.26. The molecule has 0 bridgehead atoms. The second-order valence-electron chi connectivity index (χ2n) is 5.26. The summed E-state index contributed by atoms with van der Waals surface area (Å²) in [5.74, 6) is 3.27. The van der Waals surface area contributed by atoms with E-state index in [9.17, 15) is 4.79 Å². The molecular formula is C16H23NOS. The molecule has 1 heterocycles. The number of anilines is 1. The molecule has 1 aromatic rings. The van der Waals surface area contributed by atoms with E-state index < -0.39 is 0 Å². The number of amides is 1. The van der Waals surface area contributed by atoms with E-state index in [1.54, 1.807) is 0 Å². The van der Waals surface area contributed by atoms with Crippen LogP contribution in [0.25, 0.3) is 0 Å². The van der Waals surface area contributed by atoms with E-state index in [0.29, 0.717) is 12.3 Å². The number of hydrogen-bond donors (Lipinski definition) is 0. The highest BCUT2D eigenvalue weighted by Gasteiger charge is 2.21. The standard InChI is InChI=1S/C16H23NOS/c1-3-17(15-8-4-6-13(2)10-15)16(18)11-14-7-5-9-19-12-14/h4,6,8,10,14H,3,5,7,9,11-12H2,1-2H3. The van der Waals surface area contributed by atoms with Crippen LogP contribution in [0, 0.1) is 12.8 Å². The molecule has 1 atom stereocenters. The lowest BCUT2D eigenvalue weighted by Crippen LogP contribution is -2.33. The van der Waals surface area contributed by atoms with E-state index in [4.69, 9.17) is 0 Å². The molecule has 2 rings (SSSR count). The highest BCUT2D eigenvalue weighted by molar-refractivity contribution is 7.99. The predicted molar refractivity (Wildman–Crippen MR) is 83.9 cm³/mol. The summed E-state index contributed by atoms with van der Waals surface area (Å²) in [6.45, 7) is 4.87. The maximum atomic E-state index is 12.5. The van der Waals surface area contributed by atoms with Crippen molar-refractivity contribution in [3.8, 4) is 0 Å². The molecule has 1 aromatic carbocycles. The zero-order valence-corrected chi connectivity index (χ0v) is 12.7. The van der Waals surface area contributed by atoms with Gasteiger partial charge in [0.05, 0.1) is 0 Å². The lowest BCUT2D eigenvalue weighted by atomic mass is 10.0. The Bertz CT molecular complexity index is 427. The Hall–Kier alpha value is -0.960. The summed E-state index contributed by atoms with van der Waals surface area (Å²) in [6, 6.07) is 8.22. The van der Waals surface area contributed by atoms with E-state index in [1.807, 2.05) is 28.8 Å². The summed E-state index contributed by atoms with van der Waals surface area (Å²) < 4.78 is 0. The summed E-state index contributed by atoms with van der Waals surface area (Å²) >= 11 is 1.99. The van der Waals surface area contributed by atoms with Gasteiger partial charge in [0, 0.05) is 18.7 Å². The molecule has 0 aromatic heterocycles. The minimum atomic E-state index is 0.278. The maximum Gasteiger partial charge on any atom is 0.227 e. The summed E-state index contributed by atoms with van der Waals surface area (Å²) in [4.78, 5) is 14.4. The fourth-order valence-corrected chi connectivity index (χ4v) is 3.78. The van der Waals surface area contributed by atoms with Crippen molar-refractivity contribution >= 4 is 23.4 Å². The monoisotopic (exact) mass is 277 g/mol. The normalized spacial score (nSPS) is 19.2. The quantitative estimate of drug-likeness (QED) is 0.832. The third-order valence-corrected chi connectivity index (χ3v) is 4.93. The van der Waals surface area contributed by atoms with Gasteiger partial charge in [-0.25, -0.2) is 0 Å². The van der Waals surface area contributed by atoms with Gasteiger partial charge < -0.3 is 4.90 Å². The zero-order valence-electron chi connectivity index (χ0n) is 11.9. The lowest BCUT2D eigenvalue weighted by molar-refractivity contribution is -0.119. The number of nitrogens with zero attached hydrogens (tertiary/aromatic N) is 1. The minimum Gasteiger partial charge on any atom is -0.313 e. The summed E-state index contributed by atoms with van der Waals surface area (Å²) in [7, 11) is 0. The number of rotatable bonds is 4. The average Bonchev–Trinajstić information content (AvgIpc) is 2.41. The smallest absolute Gasteiger partial charge is 0.227 e. The Morgan fingerprint density at radius 1 is 1.47 bits per heavy atom. The van der Waals surface area contributed by atoms with Crippen molar-refractivity contribution in [2.24, 2.45) is 5.92 Å². The van der Waals surface area contributed by atoms with E-state index in [2.05, 4.69) is 26.0 Å². The molecule has 1 saturated heterocycles. The second-order valence-corrected chi connectivity index (χ2v) is 6.41. The fourth-order valence-electron chi connectivity index (χ4n) is 2.62. The van der Waals surface area contributed by atoms with Crippen molar-refractivity contribution in [3.05, 3.63) is 29.8 Å².